The standard InChI is InChI=1S/C15H15N3O/c1-19-11-14-4-2-3-13(7-14)10-18-15-8-12(9-16)5-6-17-15/h2-8H,10-11H2,1H3,(H,17,18). The largest absolute Gasteiger partial charge is 0.380 e. The molecule has 0 spiro atoms. The number of nitriles is 1. The van der Waals surface area contributed by atoms with E-state index in [1.165, 1.54) is 0 Å². The lowest BCUT2D eigenvalue weighted by Crippen LogP contribution is -2.02. The number of hydrogen-bond donors (Lipinski definition) is 1. The van der Waals surface area contributed by atoms with E-state index < -0.39 is 0 Å². The molecule has 4 heteroatoms. The maximum absolute atomic E-state index is 8.82. The number of benzene rings is 1. The van der Waals surface area contributed by atoms with E-state index in [-0.39, 0.29) is 0 Å². The lowest BCUT2D eigenvalue weighted by atomic mass is 10.1. The van der Waals surface area contributed by atoms with Crippen LogP contribution in [0.15, 0.2) is 42.6 Å². The Morgan fingerprint density at radius 2 is 2.11 bits per heavy atom. The topological polar surface area (TPSA) is 57.9 Å². The Balaban J connectivity index is 2.01. The van der Waals surface area contributed by atoms with Crippen LogP contribution in [0.4, 0.5) is 5.82 Å². The summed E-state index contributed by atoms with van der Waals surface area (Å²) >= 11 is 0. The van der Waals surface area contributed by atoms with Gasteiger partial charge >= 0.3 is 0 Å². The number of pyridine rings is 1. The van der Waals surface area contributed by atoms with E-state index in [2.05, 4.69) is 22.4 Å². The summed E-state index contributed by atoms with van der Waals surface area (Å²) in [6.45, 7) is 1.27. The second kappa shape index (κ2) is 6.53. The third-order valence-corrected chi connectivity index (χ3v) is 2.67. The van der Waals surface area contributed by atoms with Crippen molar-refractivity contribution >= 4 is 5.82 Å². The number of nitrogens with zero attached hydrogens (tertiary/aromatic N) is 2. The van der Waals surface area contributed by atoms with Crippen molar-refractivity contribution in [2.75, 3.05) is 12.4 Å². The normalized spacial score (nSPS) is 9.89. The molecule has 0 saturated carbocycles. The third kappa shape index (κ3) is 3.80. The van der Waals surface area contributed by atoms with Crippen molar-refractivity contribution in [3.63, 3.8) is 0 Å². The number of ether oxygens (including phenoxy) is 1. The summed E-state index contributed by atoms with van der Waals surface area (Å²) in [5.41, 5.74) is 2.89. The molecule has 1 aromatic carbocycles. The highest BCUT2D eigenvalue weighted by Gasteiger charge is 1.99. The van der Waals surface area contributed by atoms with Gasteiger partial charge < -0.3 is 10.1 Å². The average Bonchev–Trinajstić information content (AvgIpc) is 2.46. The molecule has 0 aliphatic carbocycles. The Labute approximate surface area is 112 Å². The molecule has 2 aromatic rings. The van der Waals surface area contributed by atoms with Gasteiger partial charge in [-0.2, -0.15) is 5.26 Å². The van der Waals surface area contributed by atoms with Crippen LogP contribution in [-0.4, -0.2) is 12.1 Å². The van der Waals surface area contributed by atoms with Crippen LogP contribution in [-0.2, 0) is 17.9 Å². The second-order valence-corrected chi connectivity index (χ2v) is 4.15. The fraction of sp³-hybridized carbons (Fsp3) is 0.200. The smallest absolute Gasteiger partial charge is 0.127 e. The van der Waals surface area contributed by atoms with Gasteiger partial charge in [-0.25, -0.2) is 4.98 Å². The van der Waals surface area contributed by atoms with Gasteiger partial charge in [-0.05, 0) is 23.3 Å². The Morgan fingerprint density at radius 3 is 2.89 bits per heavy atom. The lowest BCUT2D eigenvalue weighted by Gasteiger charge is -2.07. The molecule has 0 fully saturated rings. The molecule has 0 unspecified atom stereocenters. The molecule has 96 valence electrons. The van der Waals surface area contributed by atoms with Crippen molar-refractivity contribution in [2.45, 2.75) is 13.2 Å². The zero-order valence-electron chi connectivity index (χ0n) is 10.8. The van der Waals surface area contributed by atoms with Gasteiger partial charge in [0, 0.05) is 19.9 Å². The summed E-state index contributed by atoms with van der Waals surface area (Å²) in [7, 11) is 1.68. The number of hydrogen-bond acceptors (Lipinski definition) is 4. The number of anilines is 1. The predicted molar refractivity (Wildman–Crippen MR) is 73.4 cm³/mol. The fourth-order valence-corrected chi connectivity index (χ4v) is 1.79. The molecular weight excluding hydrogens is 238 g/mol. The van der Waals surface area contributed by atoms with Gasteiger partial charge in [0.15, 0.2) is 0 Å². The van der Waals surface area contributed by atoms with Gasteiger partial charge in [0.05, 0.1) is 18.2 Å². The van der Waals surface area contributed by atoms with Crippen molar-refractivity contribution in [1.29, 1.82) is 5.26 Å². The molecule has 0 aliphatic rings. The zero-order chi connectivity index (χ0) is 13.5. The van der Waals surface area contributed by atoms with Crippen LogP contribution >= 0.6 is 0 Å². The first kappa shape index (κ1) is 13.1. The molecule has 19 heavy (non-hydrogen) atoms. The predicted octanol–water partition coefficient (Wildman–Crippen LogP) is 2.71. The van der Waals surface area contributed by atoms with Crippen LogP contribution in [0.5, 0.6) is 0 Å². The Kier molecular flexibility index (Phi) is 4.49. The molecule has 4 nitrogen and oxygen atoms in total. The van der Waals surface area contributed by atoms with Crippen LogP contribution in [0.3, 0.4) is 0 Å². The molecule has 1 heterocycles. The van der Waals surface area contributed by atoms with Gasteiger partial charge in [0.25, 0.3) is 0 Å². The Hall–Kier alpha value is -2.38. The molecule has 1 N–H and O–H groups in total. The van der Waals surface area contributed by atoms with Crippen LogP contribution in [0.1, 0.15) is 16.7 Å². The molecule has 0 saturated heterocycles. The minimum Gasteiger partial charge on any atom is -0.380 e. The average molecular weight is 253 g/mol. The van der Waals surface area contributed by atoms with Crippen molar-refractivity contribution < 1.29 is 4.74 Å². The van der Waals surface area contributed by atoms with Crippen molar-refractivity contribution in [3.8, 4) is 6.07 Å². The molecule has 0 bridgehead atoms. The molecule has 0 atom stereocenters. The van der Waals surface area contributed by atoms with Gasteiger partial charge in [0.1, 0.15) is 5.82 Å². The minimum absolute atomic E-state index is 0.602. The van der Waals surface area contributed by atoms with Gasteiger partial charge in [0.2, 0.25) is 0 Å². The van der Waals surface area contributed by atoms with E-state index in [4.69, 9.17) is 10.00 Å². The maximum atomic E-state index is 8.82. The lowest BCUT2D eigenvalue weighted by molar-refractivity contribution is 0.185. The summed E-state index contributed by atoms with van der Waals surface area (Å²) < 4.78 is 5.11. The summed E-state index contributed by atoms with van der Waals surface area (Å²) in [6.07, 6.45) is 1.63. The van der Waals surface area contributed by atoms with Crippen molar-refractivity contribution in [2.24, 2.45) is 0 Å². The van der Waals surface area contributed by atoms with Gasteiger partial charge in [-0.15, -0.1) is 0 Å². The van der Waals surface area contributed by atoms with Crippen molar-refractivity contribution in [3.05, 3.63) is 59.3 Å². The second-order valence-electron chi connectivity index (χ2n) is 4.15. The van der Waals surface area contributed by atoms with Crippen LogP contribution < -0.4 is 5.32 Å². The monoisotopic (exact) mass is 253 g/mol. The van der Waals surface area contributed by atoms with E-state index in [1.807, 2.05) is 18.2 Å². The van der Waals surface area contributed by atoms with E-state index in [9.17, 15) is 0 Å². The molecule has 0 aliphatic heterocycles. The van der Waals surface area contributed by atoms with E-state index in [1.54, 1.807) is 25.4 Å². The molecule has 0 radical (unpaired) electrons. The summed E-state index contributed by atoms with van der Waals surface area (Å²) in [5, 5.41) is 12.0. The first-order valence-corrected chi connectivity index (χ1v) is 5.98. The minimum atomic E-state index is 0.602. The first-order chi connectivity index (χ1) is 9.31. The highest BCUT2D eigenvalue weighted by atomic mass is 16.5. The summed E-state index contributed by atoms with van der Waals surface area (Å²) in [5.74, 6) is 0.705. The van der Waals surface area contributed by atoms with Gasteiger partial charge in [-0.3, -0.25) is 0 Å². The summed E-state index contributed by atoms with van der Waals surface area (Å²) in [4.78, 5) is 4.17. The first-order valence-electron chi connectivity index (χ1n) is 5.98. The van der Waals surface area contributed by atoms with Crippen LogP contribution in [0.25, 0.3) is 0 Å². The maximum Gasteiger partial charge on any atom is 0.127 e. The number of aromatic nitrogens is 1. The highest BCUT2D eigenvalue weighted by Crippen LogP contribution is 2.10. The van der Waals surface area contributed by atoms with E-state index >= 15 is 0 Å². The van der Waals surface area contributed by atoms with Gasteiger partial charge in [-0.1, -0.05) is 24.3 Å². The molecule has 0 amide bonds. The number of rotatable bonds is 5. The van der Waals surface area contributed by atoms with Crippen LogP contribution in [0.2, 0.25) is 0 Å². The Bertz CT molecular complexity index is 590. The highest BCUT2D eigenvalue weighted by molar-refractivity contribution is 5.43. The van der Waals surface area contributed by atoms with Crippen molar-refractivity contribution in [1.82, 2.24) is 4.98 Å². The molecular formula is C15H15N3O. The summed E-state index contributed by atoms with van der Waals surface area (Å²) in [6, 6.07) is 13.7. The molecule has 1 aromatic heterocycles. The quantitative estimate of drug-likeness (QED) is 0.890. The fourth-order valence-electron chi connectivity index (χ4n) is 1.79. The van der Waals surface area contributed by atoms with E-state index in [0.717, 1.165) is 11.1 Å². The number of nitrogens with one attached hydrogen (secondary N) is 1. The SMILES string of the molecule is COCc1cccc(CNc2cc(C#N)ccn2)c1. The zero-order valence-corrected chi connectivity index (χ0v) is 10.8. The Morgan fingerprint density at radius 1 is 1.26 bits per heavy atom. The third-order valence-electron chi connectivity index (χ3n) is 2.67. The van der Waals surface area contributed by atoms with Crippen LogP contribution in [0, 0.1) is 11.3 Å². The molecule has 2 rings (SSSR count). The van der Waals surface area contributed by atoms with E-state index in [0.29, 0.717) is 24.5 Å². The number of methoxy groups -OCH3 is 1.